The third-order valence-electron chi connectivity index (χ3n) is 1.73. The molecule has 5 heteroatoms. The molecule has 0 atom stereocenters. The highest BCUT2D eigenvalue weighted by atomic mass is 32.1. The van der Waals surface area contributed by atoms with Crippen molar-refractivity contribution in [2.75, 3.05) is 5.32 Å². The number of hydrogen-bond acceptors (Lipinski definition) is 4. The van der Waals surface area contributed by atoms with Crippen LogP contribution in [0.5, 0.6) is 0 Å². The summed E-state index contributed by atoms with van der Waals surface area (Å²) in [6.45, 7) is 0.761. The lowest BCUT2D eigenvalue weighted by molar-refractivity contribution is 0.768. The summed E-state index contributed by atoms with van der Waals surface area (Å²) < 4.78 is 1.80. The molecule has 0 fully saturated rings. The molecule has 0 unspecified atom stereocenters. The molecule has 2 aromatic heterocycles. The number of thiazole rings is 1. The van der Waals surface area contributed by atoms with E-state index in [0.29, 0.717) is 0 Å². The van der Waals surface area contributed by atoms with Crippen molar-refractivity contribution in [2.45, 2.75) is 6.54 Å². The largest absolute Gasteiger partial charge is 0.364 e. The van der Waals surface area contributed by atoms with E-state index in [1.54, 1.807) is 22.2 Å². The van der Waals surface area contributed by atoms with Crippen molar-refractivity contribution in [3.8, 4) is 0 Å². The van der Waals surface area contributed by atoms with Crippen molar-refractivity contribution in [1.82, 2.24) is 14.8 Å². The zero-order valence-corrected chi connectivity index (χ0v) is 8.08. The SMILES string of the molecule is Cn1nccc1NCc1nccs1. The van der Waals surface area contributed by atoms with Crippen LogP contribution in [0.2, 0.25) is 0 Å². The minimum absolute atomic E-state index is 0.761. The Balaban J connectivity index is 1.97. The van der Waals surface area contributed by atoms with Crippen LogP contribution in [-0.2, 0) is 13.6 Å². The summed E-state index contributed by atoms with van der Waals surface area (Å²) in [5.41, 5.74) is 0. The Morgan fingerprint density at radius 2 is 2.46 bits per heavy atom. The Kier molecular flexibility index (Phi) is 2.27. The third-order valence-corrected chi connectivity index (χ3v) is 2.50. The van der Waals surface area contributed by atoms with Crippen LogP contribution in [0.4, 0.5) is 5.82 Å². The molecule has 0 saturated heterocycles. The highest BCUT2D eigenvalue weighted by molar-refractivity contribution is 7.09. The third kappa shape index (κ3) is 1.86. The molecule has 0 saturated carbocycles. The maximum Gasteiger partial charge on any atom is 0.124 e. The summed E-state index contributed by atoms with van der Waals surface area (Å²) in [5.74, 6) is 1.01. The first-order valence-corrected chi connectivity index (χ1v) is 4.84. The average molecular weight is 194 g/mol. The molecule has 0 aliphatic heterocycles. The molecule has 0 radical (unpaired) electrons. The summed E-state index contributed by atoms with van der Waals surface area (Å²) >= 11 is 1.65. The first kappa shape index (κ1) is 8.25. The minimum atomic E-state index is 0.761. The molecular formula is C8H10N4S. The van der Waals surface area contributed by atoms with Crippen LogP contribution in [0.1, 0.15) is 5.01 Å². The van der Waals surface area contributed by atoms with Crippen LogP contribution in [0.15, 0.2) is 23.8 Å². The Morgan fingerprint density at radius 3 is 3.08 bits per heavy atom. The minimum Gasteiger partial charge on any atom is -0.364 e. The molecule has 2 rings (SSSR count). The van der Waals surface area contributed by atoms with Crippen molar-refractivity contribution < 1.29 is 0 Å². The van der Waals surface area contributed by atoms with Crippen molar-refractivity contribution in [3.05, 3.63) is 28.8 Å². The molecule has 2 aromatic rings. The summed E-state index contributed by atoms with van der Waals surface area (Å²) in [5, 5.41) is 10.4. The topological polar surface area (TPSA) is 42.7 Å². The smallest absolute Gasteiger partial charge is 0.124 e. The zero-order chi connectivity index (χ0) is 9.10. The molecule has 2 heterocycles. The van der Waals surface area contributed by atoms with Gasteiger partial charge in [0.05, 0.1) is 12.7 Å². The molecular weight excluding hydrogens is 184 g/mol. The van der Waals surface area contributed by atoms with Crippen molar-refractivity contribution in [1.29, 1.82) is 0 Å². The number of aryl methyl sites for hydroxylation is 1. The van der Waals surface area contributed by atoms with E-state index in [4.69, 9.17) is 0 Å². The van der Waals surface area contributed by atoms with Gasteiger partial charge in [0.15, 0.2) is 0 Å². The van der Waals surface area contributed by atoms with Gasteiger partial charge in [0, 0.05) is 24.7 Å². The van der Waals surface area contributed by atoms with E-state index < -0.39 is 0 Å². The predicted molar refractivity (Wildman–Crippen MR) is 52.6 cm³/mol. The van der Waals surface area contributed by atoms with E-state index in [1.807, 2.05) is 24.7 Å². The Morgan fingerprint density at radius 1 is 1.54 bits per heavy atom. The van der Waals surface area contributed by atoms with Gasteiger partial charge in [-0.05, 0) is 0 Å². The first-order chi connectivity index (χ1) is 6.36. The predicted octanol–water partition coefficient (Wildman–Crippen LogP) is 1.49. The second-order valence-corrected chi connectivity index (χ2v) is 3.60. The van der Waals surface area contributed by atoms with E-state index in [2.05, 4.69) is 15.4 Å². The van der Waals surface area contributed by atoms with Crippen LogP contribution < -0.4 is 5.32 Å². The van der Waals surface area contributed by atoms with Gasteiger partial charge in [-0.15, -0.1) is 11.3 Å². The van der Waals surface area contributed by atoms with Crippen LogP contribution in [0.25, 0.3) is 0 Å². The van der Waals surface area contributed by atoms with Crippen LogP contribution >= 0.6 is 11.3 Å². The van der Waals surface area contributed by atoms with Crippen molar-refractivity contribution in [3.63, 3.8) is 0 Å². The molecule has 0 aromatic carbocycles. The van der Waals surface area contributed by atoms with Gasteiger partial charge in [-0.25, -0.2) is 4.98 Å². The highest BCUT2D eigenvalue weighted by Crippen LogP contribution is 2.08. The fraction of sp³-hybridized carbons (Fsp3) is 0.250. The Labute approximate surface area is 80.2 Å². The van der Waals surface area contributed by atoms with Crippen LogP contribution in [0.3, 0.4) is 0 Å². The quantitative estimate of drug-likeness (QED) is 0.805. The maximum absolute atomic E-state index is 4.17. The van der Waals surface area contributed by atoms with Gasteiger partial charge in [-0.3, -0.25) is 4.68 Å². The lowest BCUT2D eigenvalue weighted by atomic mass is 10.6. The van der Waals surface area contributed by atoms with Gasteiger partial charge in [-0.1, -0.05) is 0 Å². The number of nitrogens with zero attached hydrogens (tertiary/aromatic N) is 3. The summed E-state index contributed by atoms with van der Waals surface area (Å²) in [7, 11) is 1.91. The molecule has 0 bridgehead atoms. The molecule has 0 aliphatic rings. The van der Waals surface area contributed by atoms with Crippen LogP contribution in [-0.4, -0.2) is 14.8 Å². The number of anilines is 1. The Hall–Kier alpha value is -1.36. The zero-order valence-electron chi connectivity index (χ0n) is 7.27. The molecule has 0 amide bonds. The molecule has 1 N–H and O–H groups in total. The molecule has 13 heavy (non-hydrogen) atoms. The fourth-order valence-electron chi connectivity index (χ4n) is 1.05. The number of hydrogen-bond donors (Lipinski definition) is 1. The molecule has 68 valence electrons. The highest BCUT2D eigenvalue weighted by Gasteiger charge is 1.98. The standard InChI is InChI=1S/C8H10N4S/c1-12-7(2-3-11-12)10-6-8-9-4-5-13-8/h2-5,10H,6H2,1H3. The van der Waals surface area contributed by atoms with Crippen molar-refractivity contribution in [2.24, 2.45) is 7.05 Å². The second kappa shape index (κ2) is 3.57. The van der Waals surface area contributed by atoms with Gasteiger partial charge in [0.1, 0.15) is 10.8 Å². The summed E-state index contributed by atoms with van der Waals surface area (Å²) in [4.78, 5) is 4.17. The monoisotopic (exact) mass is 194 g/mol. The fourth-order valence-corrected chi connectivity index (χ4v) is 1.61. The van der Waals surface area contributed by atoms with E-state index in [0.717, 1.165) is 17.4 Å². The normalized spacial score (nSPS) is 10.2. The number of rotatable bonds is 3. The van der Waals surface area contributed by atoms with Gasteiger partial charge in [-0.2, -0.15) is 5.10 Å². The lowest BCUT2D eigenvalue weighted by Crippen LogP contribution is -2.03. The van der Waals surface area contributed by atoms with Crippen molar-refractivity contribution >= 4 is 17.2 Å². The van der Waals surface area contributed by atoms with Gasteiger partial charge in [0.25, 0.3) is 0 Å². The Bertz CT molecular complexity index is 365. The van der Waals surface area contributed by atoms with E-state index in [9.17, 15) is 0 Å². The molecule has 0 aliphatic carbocycles. The van der Waals surface area contributed by atoms with E-state index in [-0.39, 0.29) is 0 Å². The lowest BCUT2D eigenvalue weighted by Gasteiger charge is -2.02. The number of aromatic nitrogens is 3. The van der Waals surface area contributed by atoms with Crippen LogP contribution in [0, 0.1) is 0 Å². The van der Waals surface area contributed by atoms with Gasteiger partial charge < -0.3 is 5.32 Å². The maximum atomic E-state index is 4.17. The van der Waals surface area contributed by atoms with E-state index in [1.165, 1.54) is 0 Å². The number of nitrogens with one attached hydrogen (secondary N) is 1. The second-order valence-electron chi connectivity index (χ2n) is 2.62. The summed E-state index contributed by atoms with van der Waals surface area (Å²) in [6, 6.07) is 1.94. The van der Waals surface area contributed by atoms with Gasteiger partial charge in [0.2, 0.25) is 0 Å². The molecule has 4 nitrogen and oxygen atoms in total. The average Bonchev–Trinajstić information content (AvgIpc) is 2.72. The molecule has 0 spiro atoms. The summed E-state index contributed by atoms with van der Waals surface area (Å²) in [6.07, 6.45) is 3.58. The van der Waals surface area contributed by atoms with Gasteiger partial charge >= 0.3 is 0 Å². The van der Waals surface area contributed by atoms with E-state index >= 15 is 0 Å². The first-order valence-electron chi connectivity index (χ1n) is 3.96.